The van der Waals surface area contributed by atoms with E-state index < -0.39 is 5.60 Å². The Balaban J connectivity index is 2.74. The molecule has 2 N–H and O–H groups in total. The van der Waals surface area contributed by atoms with Gasteiger partial charge in [-0.3, -0.25) is 4.68 Å². The second-order valence-electron chi connectivity index (χ2n) is 5.24. The summed E-state index contributed by atoms with van der Waals surface area (Å²) >= 11 is 0. The van der Waals surface area contributed by atoms with E-state index in [9.17, 15) is 5.11 Å². The van der Waals surface area contributed by atoms with E-state index in [0.29, 0.717) is 6.54 Å². The van der Waals surface area contributed by atoms with Gasteiger partial charge in [-0.25, -0.2) is 0 Å². The minimum Gasteiger partial charge on any atom is -0.389 e. The highest BCUT2D eigenvalue weighted by Gasteiger charge is 2.24. The summed E-state index contributed by atoms with van der Waals surface area (Å²) in [7, 11) is 1.97. The number of nitrogens with zero attached hydrogens (tertiary/aromatic N) is 2. The van der Waals surface area contributed by atoms with Gasteiger partial charge in [0.05, 0.1) is 11.3 Å². The molecule has 1 rings (SSSR count). The standard InChI is InChI=1S/C14H27N3O/c1-7-14(18,8-2)9-15-10(3)13-11(4)16-17(6)12(13)5/h10,15,18H,7-9H2,1-6H3. The Morgan fingerprint density at radius 3 is 2.28 bits per heavy atom. The van der Waals surface area contributed by atoms with Crippen molar-refractivity contribution in [1.29, 1.82) is 0 Å². The van der Waals surface area contributed by atoms with Crippen molar-refractivity contribution in [3.63, 3.8) is 0 Å². The van der Waals surface area contributed by atoms with Crippen LogP contribution in [0.1, 0.15) is 56.6 Å². The van der Waals surface area contributed by atoms with Gasteiger partial charge in [-0.15, -0.1) is 0 Å². The summed E-state index contributed by atoms with van der Waals surface area (Å²) in [4.78, 5) is 0. The average molecular weight is 253 g/mol. The topological polar surface area (TPSA) is 50.1 Å². The first-order valence-electron chi connectivity index (χ1n) is 6.80. The molecule has 1 unspecified atom stereocenters. The van der Waals surface area contributed by atoms with Gasteiger partial charge in [0.1, 0.15) is 0 Å². The summed E-state index contributed by atoms with van der Waals surface area (Å²) in [5.74, 6) is 0. The molecule has 0 aliphatic rings. The van der Waals surface area contributed by atoms with Crippen LogP contribution in [0.5, 0.6) is 0 Å². The average Bonchev–Trinajstić information content (AvgIpc) is 2.60. The number of hydrogen-bond donors (Lipinski definition) is 2. The zero-order valence-corrected chi connectivity index (χ0v) is 12.5. The molecule has 0 aliphatic carbocycles. The lowest BCUT2D eigenvalue weighted by Crippen LogP contribution is -2.40. The molecule has 0 aromatic carbocycles. The Morgan fingerprint density at radius 2 is 1.89 bits per heavy atom. The van der Waals surface area contributed by atoms with E-state index in [1.807, 2.05) is 32.5 Å². The highest BCUT2D eigenvalue weighted by molar-refractivity contribution is 5.27. The number of nitrogens with one attached hydrogen (secondary N) is 1. The lowest BCUT2D eigenvalue weighted by molar-refractivity contribution is 0.0303. The van der Waals surface area contributed by atoms with Crippen LogP contribution in [-0.2, 0) is 7.05 Å². The molecule has 18 heavy (non-hydrogen) atoms. The van der Waals surface area contributed by atoms with E-state index >= 15 is 0 Å². The summed E-state index contributed by atoms with van der Waals surface area (Å²) in [6.07, 6.45) is 1.54. The zero-order chi connectivity index (χ0) is 13.9. The van der Waals surface area contributed by atoms with Gasteiger partial charge in [-0.05, 0) is 33.6 Å². The van der Waals surface area contributed by atoms with Crippen LogP contribution in [0.4, 0.5) is 0 Å². The number of rotatable bonds is 6. The van der Waals surface area contributed by atoms with Gasteiger partial charge in [-0.2, -0.15) is 5.10 Å². The lowest BCUT2D eigenvalue weighted by Gasteiger charge is -2.27. The van der Waals surface area contributed by atoms with E-state index in [4.69, 9.17) is 0 Å². The van der Waals surface area contributed by atoms with Crippen LogP contribution in [0, 0.1) is 13.8 Å². The molecule has 0 aliphatic heterocycles. The van der Waals surface area contributed by atoms with Gasteiger partial charge in [-0.1, -0.05) is 13.8 Å². The van der Waals surface area contributed by atoms with Crippen molar-refractivity contribution >= 4 is 0 Å². The Hall–Kier alpha value is -0.870. The third-order valence-electron chi connectivity index (χ3n) is 4.05. The maximum Gasteiger partial charge on any atom is 0.0766 e. The summed E-state index contributed by atoms with van der Waals surface area (Å²) in [5.41, 5.74) is 2.89. The van der Waals surface area contributed by atoms with E-state index in [1.165, 1.54) is 11.3 Å². The van der Waals surface area contributed by atoms with Crippen LogP contribution in [0.3, 0.4) is 0 Å². The van der Waals surface area contributed by atoms with Crippen molar-refractivity contribution in [2.45, 2.75) is 59.1 Å². The monoisotopic (exact) mass is 253 g/mol. The first kappa shape index (κ1) is 15.2. The van der Waals surface area contributed by atoms with Crippen LogP contribution >= 0.6 is 0 Å². The predicted molar refractivity (Wildman–Crippen MR) is 74.6 cm³/mol. The van der Waals surface area contributed by atoms with Crippen LogP contribution in [-0.4, -0.2) is 27.0 Å². The Bertz CT molecular complexity index is 394. The highest BCUT2D eigenvalue weighted by Crippen LogP contribution is 2.22. The molecule has 0 fully saturated rings. The molecule has 1 atom stereocenters. The summed E-state index contributed by atoms with van der Waals surface area (Å²) < 4.78 is 1.91. The normalized spacial score (nSPS) is 13.9. The summed E-state index contributed by atoms with van der Waals surface area (Å²) in [6.45, 7) is 10.9. The third-order valence-corrected chi connectivity index (χ3v) is 4.05. The summed E-state index contributed by atoms with van der Waals surface area (Å²) in [5, 5.41) is 18.1. The molecule has 0 amide bonds. The summed E-state index contributed by atoms with van der Waals surface area (Å²) in [6, 6.07) is 0.211. The molecule has 0 saturated carbocycles. The van der Waals surface area contributed by atoms with Crippen molar-refractivity contribution in [2.75, 3.05) is 6.54 Å². The number of aromatic nitrogens is 2. The van der Waals surface area contributed by atoms with E-state index in [-0.39, 0.29) is 6.04 Å². The molecular weight excluding hydrogens is 226 g/mol. The van der Waals surface area contributed by atoms with Gasteiger partial charge in [0.2, 0.25) is 0 Å². The highest BCUT2D eigenvalue weighted by atomic mass is 16.3. The SMILES string of the molecule is CCC(O)(CC)CNC(C)c1c(C)nn(C)c1C. The van der Waals surface area contributed by atoms with E-state index in [0.717, 1.165) is 18.5 Å². The van der Waals surface area contributed by atoms with Gasteiger partial charge in [0, 0.05) is 30.9 Å². The molecule has 0 spiro atoms. The second kappa shape index (κ2) is 5.85. The molecular formula is C14H27N3O. The van der Waals surface area contributed by atoms with Crippen molar-refractivity contribution in [1.82, 2.24) is 15.1 Å². The lowest BCUT2D eigenvalue weighted by atomic mass is 9.96. The van der Waals surface area contributed by atoms with Crippen LogP contribution < -0.4 is 5.32 Å². The van der Waals surface area contributed by atoms with Crippen molar-refractivity contribution < 1.29 is 5.11 Å². The number of hydrogen-bond acceptors (Lipinski definition) is 3. The Morgan fingerprint density at radius 1 is 1.33 bits per heavy atom. The van der Waals surface area contributed by atoms with Crippen LogP contribution in [0.15, 0.2) is 0 Å². The van der Waals surface area contributed by atoms with Gasteiger partial charge in [0.25, 0.3) is 0 Å². The fraction of sp³-hybridized carbons (Fsp3) is 0.786. The van der Waals surface area contributed by atoms with Crippen molar-refractivity contribution in [3.8, 4) is 0 Å². The number of aliphatic hydroxyl groups is 1. The fourth-order valence-electron chi connectivity index (χ4n) is 2.36. The minimum absolute atomic E-state index is 0.211. The Kier molecular flexibility index (Phi) is 4.93. The van der Waals surface area contributed by atoms with Crippen LogP contribution in [0.2, 0.25) is 0 Å². The van der Waals surface area contributed by atoms with E-state index in [2.05, 4.69) is 24.3 Å². The van der Waals surface area contributed by atoms with Crippen molar-refractivity contribution in [2.24, 2.45) is 7.05 Å². The van der Waals surface area contributed by atoms with Gasteiger partial charge >= 0.3 is 0 Å². The zero-order valence-electron chi connectivity index (χ0n) is 12.5. The molecule has 4 heteroatoms. The maximum absolute atomic E-state index is 10.3. The largest absolute Gasteiger partial charge is 0.389 e. The molecule has 1 aromatic rings. The molecule has 0 saturated heterocycles. The molecule has 104 valence electrons. The molecule has 4 nitrogen and oxygen atoms in total. The minimum atomic E-state index is -0.599. The first-order chi connectivity index (χ1) is 8.34. The number of aryl methyl sites for hydroxylation is 2. The molecule has 0 bridgehead atoms. The fourth-order valence-corrected chi connectivity index (χ4v) is 2.36. The second-order valence-corrected chi connectivity index (χ2v) is 5.24. The van der Waals surface area contributed by atoms with Crippen molar-refractivity contribution in [3.05, 3.63) is 17.0 Å². The quantitative estimate of drug-likeness (QED) is 0.817. The molecule has 0 radical (unpaired) electrons. The molecule has 1 aromatic heterocycles. The maximum atomic E-state index is 10.3. The van der Waals surface area contributed by atoms with Gasteiger partial charge in [0.15, 0.2) is 0 Å². The first-order valence-corrected chi connectivity index (χ1v) is 6.80. The Labute approximate surface area is 110 Å². The van der Waals surface area contributed by atoms with Crippen LogP contribution in [0.25, 0.3) is 0 Å². The smallest absolute Gasteiger partial charge is 0.0766 e. The van der Waals surface area contributed by atoms with E-state index in [1.54, 1.807) is 0 Å². The molecule has 1 heterocycles. The third kappa shape index (κ3) is 3.12. The van der Waals surface area contributed by atoms with Gasteiger partial charge < -0.3 is 10.4 Å². The predicted octanol–water partition coefficient (Wildman–Crippen LogP) is 2.24.